The van der Waals surface area contributed by atoms with Crippen molar-refractivity contribution >= 4 is 44.2 Å². The molecule has 0 saturated heterocycles. The molecular formula is C20H12F4N4O3S. The number of benzene rings is 2. The third kappa shape index (κ3) is 4.47. The normalized spacial score (nSPS) is 13.5. The highest BCUT2D eigenvalue weighted by Gasteiger charge is 2.39. The number of nitrogens with zero attached hydrogens (tertiary/aromatic N) is 2. The van der Waals surface area contributed by atoms with Gasteiger partial charge >= 0.3 is 12.1 Å². The minimum atomic E-state index is -5.19. The highest BCUT2D eigenvalue weighted by molar-refractivity contribution is 7.22. The summed E-state index contributed by atoms with van der Waals surface area (Å²) in [5.74, 6) is -3.65. The van der Waals surface area contributed by atoms with Crippen LogP contribution in [0.5, 0.6) is 11.5 Å². The minimum absolute atomic E-state index is 0.0261. The fourth-order valence-electron chi connectivity index (χ4n) is 2.76. The van der Waals surface area contributed by atoms with Crippen LogP contribution in [0.15, 0.2) is 30.3 Å². The topological polar surface area (TPSA) is 104 Å². The molecule has 0 unspecified atom stereocenters. The number of alkyl halides is 3. The number of aromatic nitrogens is 1. The van der Waals surface area contributed by atoms with E-state index in [0.717, 1.165) is 42.4 Å². The van der Waals surface area contributed by atoms with Crippen LogP contribution in [0.25, 0.3) is 10.2 Å². The molecule has 0 aliphatic heterocycles. The number of amides is 2. The maximum absolute atomic E-state index is 13.8. The van der Waals surface area contributed by atoms with E-state index in [1.54, 1.807) is 6.07 Å². The molecule has 4 rings (SSSR count). The molecule has 0 spiro atoms. The van der Waals surface area contributed by atoms with Gasteiger partial charge in [0, 0.05) is 12.0 Å². The summed E-state index contributed by atoms with van der Waals surface area (Å²) >= 11 is 1.08. The van der Waals surface area contributed by atoms with Crippen LogP contribution < -0.4 is 15.4 Å². The van der Waals surface area contributed by atoms with E-state index in [4.69, 9.17) is 4.74 Å². The highest BCUT2D eigenvalue weighted by atomic mass is 32.1. The number of anilines is 2. The number of carbonyl (C=O) groups is 2. The number of carbonyl (C=O) groups excluding carboxylic acids is 2. The Morgan fingerprint density at radius 3 is 2.59 bits per heavy atom. The first-order valence-corrected chi connectivity index (χ1v) is 9.97. The zero-order chi connectivity index (χ0) is 23.0. The monoisotopic (exact) mass is 464 g/mol. The Bertz CT molecular complexity index is 1280. The average Bonchev–Trinajstić information content (AvgIpc) is 3.50. The second-order valence-electron chi connectivity index (χ2n) is 6.88. The van der Waals surface area contributed by atoms with E-state index in [0.29, 0.717) is 15.3 Å². The van der Waals surface area contributed by atoms with Crippen molar-refractivity contribution in [3.63, 3.8) is 0 Å². The van der Waals surface area contributed by atoms with Crippen LogP contribution in [-0.2, 0) is 9.59 Å². The molecule has 1 heterocycles. The molecule has 2 aromatic carbocycles. The summed E-state index contributed by atoms with van der Waals surface area (Å²) in [6, 6.07) is 7.78. The van der Waals surface area contributed by atoms with E-state index in [9.17, 15) is 32.4 Å². The Hall–Kier alpha value is -3.72. The molecule has 2 amide bonds. The molecule has 1 aromatic heterocycles. The van der Waals surface area contributed by atoms with Gasteiger partial charge in [0.05, 0.1) is 15.9 Å². The Morgan fingerprint density at radius 2 is 1.94 bits per heavy atom. The SMILES string of the molecule is N#Cc1c(Oc2ccc(F)c(NC(=O)C(F)(F)F)c2)ccc2nc(NC(=O)C3CC3)sc12. The van der Waals surface area contributed by atoms with Crippen molar-refractivity contribution in [3.05, 3.63) is 41.7 Å². The fraction of sp³-hybridized carbons (Fsp3) is 0.200. The van der Waals surface area contributed by atoms with Crippen molar-refractivity contribution in [3.8, 4) is 17.6 Å². The summed E-state index contributed by atoms with van der Waals surface area (Å²) < 4.78 is 57.2. The number of thiazole rings is 1. The van der Waals surface area contributed by atoms with E-state index in [-0.39, 0.29) is 28.9 Å². The van der Waals surface area contributed by atoms with Crippen molar-refractivity contribution in [2.45, 2.75) is 19.0 Å². The molecule has 1 fully saturated rings. The maximum atomic E-state index is 13.8. The minimum Gasteiger partial charge on any atom is -0.456 e. The van der Waals surface area contributed by atoms with Gasteiger partial charge in [-0.2, -0.15) is 18.4 Å². The van der Waals surface area contributed by atoms with Gasteiger partial charge in [-0.1, -0.05) is 11.3 Å². The summed E-state index contributed by atoms with van der Waals surface area (Å²) in [6.07, 6.45) is -3.55. The lowest BCUT2D eigenvalue weighted by Crippen LogP contribution is -2.30. The summed E-state index contributed by atoms with van der Waals surface area (Å²) in [4.78, 5) is 27.3. The number of halogens is 4. The summed E-state index contributed by atoms with van der Waals surface area (Å²) in [5, 5.41) is 14.1. The third-order valence-electron chi connectivity index (χ3n) is 4.48. The number of ether oxygens (including phenoxy) is 1. The van der Waals surface area contributed by atoms with Crippen LogP contribution in [0.1, 0.15) is 18.4 Å². The largest absolute Gasteiger partial charge is 0.471 e. The highest BCUT2D eigenvalue weighted by Crippen LogP contribution is 2.38. The molecule has 1 saturated carbocycles. The van der Waals surface area contributed by atoms with E-state index >= 15 is 0 Å². The van der Waals surface area contributed by atoms with Crippen LogP contribution in [0.4, 0.5) is 28.4 Å². The molecule has 2 N–H and O–H groups in total. The summed E-state index contributed by atoms with van der Waals surface area (Å²) in [7, 11) is 0. The summed E-state index contributed by atoms with van der Waals surface area (Å²) in [5.41, 5.74) is -0.202. The van der Waals surface area contributed by atoms with Crippen LogP contribution >= 0.6 is 11.3 Å². The Labute approximate surface area is 181 Å². The molecular weight excluding hydrogens is 452 g/mol. The van der Waals surface area contributed by atoms with Gasteiger partial charge in [0.15, 0.2) is 5.13 Å². The van der Waals surface area contributed by atoms with Gasteiger partial charge in [0.25, 0.3) is 0 Å². The van der Waals surface area contributed by atoms with Crippen LogP contribution in [0.3, 0.4) is 0 Å². The molecule has 164 valence electrons. The van der Waals surface area contributed by atoms with Crippen molar-refractivity contribution in [2.24, 2.45) is 5.92 Å². The van der Waals surface area contributed by atoms with Crippen molar-refractivity contribution < 1.29 is 31.9 Å². The zero-order valence-corrected chi connectivity index (χ0v) is 16.7. The quantitative estimate of drug-likeness (QED) is 0.520. The number of rotatable bonds is 5. The summed E-state index contributed by atoms with van der Waals surface area (Å²) in [6.45, 7) is 0. The lowest BCUT2D eigenvalue weighted by molar-refractivity contribution is -0.167. The van der Waals surface area contributed by atoms with Crippen LogP contribution in [0, 0.1) is 23.1 Å². The van der Waals surface area contributed by atoms with E-state index in [1.165, 1.54) is 11.4 Å². The fourth-order valence-corrected chi connectivity index (χ4v) is 3.71. The zero-order valence-electron chi connectivity index (χ0n) is 15.9. The predicted molar refractivity (Wildman–Crippen MR) is 107 cm³/mol. The average molecular weight is 464 g/mol. The molecule has 1 aliphatic rings. The molecule has 1 aliphatic carbocycles. The van der Waals surface area contributed by atoms with Gasteiger partial charge in [-0.15, -0.1) is 0 Å². The first-order chi connectivity index (χ1) is 15.2. The Morgan fingerprint density at radius 1 is 1.19 bits per heavy atom. The number of nitrogens with one attached hydrogen (secondary N) is 2. The van der Waals surface area contributed by atoms with Gasteiger partial charge in [-0.25, -0.2) is 9.37 Å². The number of nitriles is 1. The Kier molecular flexibility index (Phi) is 5.43. The molecule has 32 heavy (non-hydrogen) atoms. The predicted octanol–water partition coefficient (Wildman–Crippen LogP) is 4.95. The number of fused-ring (bicyclic) bond motifs is 1. The van der Waals surface area contributed by atoms with Gasteiger partial charge in [-0.05, 0) is 37.1 Å². The maximum Gasteiger partial charge on any atom is 0.471 e. The van der Waals surface area contributed by atoms with Crippen molar-refractivity contribution in [1.82, 2.24) is 4.98 Å². The van der Waals surface area contributed by atoms with Gasteiger partial charge < -0.3 is 15.4 Å². The van der Waals surface area contributed by atoms with E-state index < -0.39 is 23.6 Å². The van der Waals surface area contributed by atoms with Gasteiger partial charge in [0.1, 0.15) is 28.9 Å². The van der Waals surface area contributed by atoms with Crippen molar-refractivity contribution in [1.29, 1.82) is 5.26 Å². The van der Waals surface area contributed by atoms with E-state index in [2.05, 4.69) is 10.3 Å². The number of hydrogen-bond donors (Lipinski definition) is 2. The molecule has 3 aromatic rings. The molecule has 12 heteroatoms. The molecule has 0 atom stereocenters. The van der Waals surface area contributed by atoms with E-state index in [1.807, 2.05) is 6.07 Å². The standard InChI is InChI=1S/C20H12F4N4O3S/c21-12-4-3-10(7-14(12)26-18(30)20(22,23)24)31-15-6-5-13-16(11(15)8-25)32-19(27-13)28-17(29)9-1-2-9/h3-7,9H,1-2H2,(H,26,30)(H,27,28,29). The van der Waals surface area contributed by atoms with Crippen LogP contribution in [-0.4, -0.2) is 23.0 Å². The second-order valence-corrected chi connectivity index (χ2v) is 7.88. The Balaban J connectivity index is 1.61. The molecule has 0 radical (unpaired) electrons. The first kappa shape index (κ1) is 21.5. The second kappa shape index (κ2) is 8.08. The van der Waals surface area contributed by atoms with Gasteiger partial charge in [0.2, 0.25) is 5.91 Å². The molecule has 0 bridgehead atoms. The smallest absolute Gasteiger partial charge is 0.456 e. The molecule has 7 nitrogen and oxygen atoms in total. The van der Waals surface area contributed by atoms with Crippen molar-refractivity contribution in [2.75, 3.05) is 10.6 Å². The lowest BCUT2D eigenvalue weighted by Gasteiger charge is -2.12. The third-order valence-corrected chi connectivity index (χ3v) is 5.48. The van der Waals surface area contributed by atoms with Crippen LogP contribution in [0.2, 0.25) is 0 Å². The number of hydrogen-bond acceptors (Lipinski definition) is 6. The lowest BCUT2D eigenvalue weighted by atomic mass is 10.2. The van der Waals surface area contributed by atoms with Gasteiger partial charge in [-0.3, -0.25) is 9.59 Å². The first-order valence-electron chi connectivity index (χ1n) is 9.16.